The van der Waals surface area contributed by atoms with Gasteiger partial charge in [0.05, 0.1) is 26.4 Å². The molecule has 0 saturated carbocycles. The van der Waals surface area contributed by atoms with Crippen LogP contribution in [0, 0.1) is 10.8 Å². The summed E-state index contributed by atoms with van der Waals surface area (Å²) in [7, 11) is -2.09. The maximum Gasteiger partial charge on any atom is 0.430 e. The molecular weight excluding hydrogens is 528 g/mol. The van der Waals surface area contributed by atoms with Crippen LogP contribution in [0.3, 0.4) is 0 Å². The van der Waals surface area contributed by atoms with Crippen LogP contribution in [0.5, 0.6) is 11.5 Å². The van der Waals surface area contributed by atoms with Crippen molar-refractivity contribution in [2.45, 2.75) is 0 Å². The van der Waals surface area contributed by atoms with E-state index >= 15 is 0 Å². The first kappa shape index (κ1) is 26.8. The Labute approximate surface area is 220 Å². The van der Waals surface area contributed by atoms with Crippen molar-refractivity contribution < 1.29 is 35.8 Å². The lowest BCUT2D eigenvalue weighted by atomic mass is 10.1. The minimum absolute atomic E-state index is 0.360. The number of hydrogen-bond donors (Lipinski definition) is 0. The quantitative estimate of drug-likeness (QED) is 0.127. The predicted molar refractivity (Wildman–Crippen MR) is 141 cm³/mol. The second kappa shape index (κ2) is 11.0. The van der Waals surface area contributed by atoms with E-state index in [0.717, 1.165) is 32.7 Å². The van der Waals surface area contributed by atoms with Crippen LogP contribution in [-0.4, -0.2) is 31.7 Å². The van der Waals surface area contributed by atoms with Crippen LogP contribution < -0.4 is 9.47 Å². The van der Waals surface area contributed by atoms with Gasteiger partial charge in [-0.2, -0.15) is 0 Å². The van der Waals surface area contributed by atoms with Gasteiger partial charge in [-0.3, -0.25) is 8.42 Å². The van der Waals surface area contributed by atoms with E-state index in [1.807, 2.05) is 60.7 Å². The van der Waals surface area contributed by atoms with Crippen LogP contribution >= 0.6 is 0 Å². The Kier molecular flexibility index (Phi) is 7.60. The van der Waals surface area contributed by atoms with E-state index in [1.165, 1.54) is 14.2 Å². The molecule has 196 valence electrons. The molecule has 2 aromatic heterocycles. The van der Waals surface area contributed by atoms with Gasteiger partial charge in [0, 0.05) is 44.1 Å². The van der Waals surface area contributed by atoms with Gasteiger partial charge in [-0.15, -0.1) is 0 Å². The molecule has 0 radical (unpaired) electrons. The van der Waals surface area contributed by atoms with Gasteiger partial charge in [0.15, 0.2) is 9.95 Å². The van der Waals surface area contributed by atoms with Crippen molar-refractivity contribution in [3.63, 3.8) is 0 Å². The second-order valence-electron chi connectivity index (χ2n) is 7.85. The molecule has 0 amide bonds. The third-order valence-corrected chi connectivity index (χ3v) is 5.57. The van der Waals surface area contributed by atoms with E-state index in [4.69, 9.17) is 46.6 Å². The molecule has 0 aliphatic rings. The Morgan fingerprint density at radius 1 is 0.641 bits per heavy atom. The van der Waals surface area contributed by atoms with Crippen molar-refractivity contribution in [2.24, 2.45) is 0 Å². The molecule has 0 atom stereocenters. The van der Waals surface area contributed by atoms with Crippen molar-refractivity contribution in [3.8, 4) is 11.5 Å². The molecule has 0 bridgehead atoms. The van der Waals surface area contributed by atoms with Gasteiger partial charge in [0.2, 0.25) is 22.3 Å². The lowest BCUT2D eigenvalue weighted by Gasteiger charge is -2.06. The Bertz CT molecular complexity index is 1880. The SMILES string of the molecule is COc1cc2c(cc1[N+]#N)oc1ccccc12.COc1cc2c(cc1[N+]#N)oc1ccccc12.O=S(=O)([O-])[O-]. The van der Waals surface area contributed by atoms with Crippen molar-refractivity contribution in [2.75, 3.05) is 14.2 Å². The monoisotopic (exact) mass is 546 g/mol. The summed E-state index contributed by atoms with van der Waals surface area (Å²) in [6.45, 7) is 0. The molecule has 2 heterocycles. The lowest BCUT2D eigenvalue weighted by molar-refractivity contribution is 0.352. The summed E-state index contributed by atoms with van der Waals surface area (Å²) in [4.78, 5) is 6.35. The summed E-state index contributed by atoms with van der Waals surface area (Å²) in [6.07, 6.45) is 0. The van der Waals surface area contributed by atoms with Crippen LogP contribution in [-0.2, 0) is 10.4 Å². The normalized spacial score (nSPS) is 10.7. The average Bonchev–Trinajstić information content (AvgIpc) is 3.47. The number of rotatable bonds is 2. The number of ether oxygens (including phenoxy) is 2. The zero-order chi connectivity index (χ0) is 28.2. The molecule has 6 rings (SSSR count). The highest BCUT2D eigenvalue weighted by Crippen LogP contribution is 2.38. The Morgan fingerprint density at radius 2 is 1.00 bits per heavy atom. The fraction of sp³-hybridized carbons (Fsp3) is 0.0769. The molecule has 4 aromatic carbocycles. The average molecular weight is 547 g/mol. The molecule has 12 nitrogen and oxygen atoms in total. The molecule has 6 aromatic rings. The lowest BCUT2D eigenvalue weighted by Crippen LogP contribution is -1.91. The fourth-order valence-electron chi connectivity index (χ4n) is 3.96. The molecule has 0 spiro atoms. The van der Waals surface area contributed by atoms with Crippen LogP contribution in [0.1, 0.15) is 0 Å². The van der Waals surface area contributed by atoms with Gasteiger partial charge in [-0.25, -0.2) is 0 Å². The molecule has 0 unspecified atom stereocenters. The van der Waals surface area contributed by atoms with Crippen LogP contribution in [0.4, 0.5) is 11.4 Å². The van der Waals surface area contributed by atoms with Gasteiger partial charge in [-0.1, -0.05) is 36.4 Å². The smallest absolute Gasteiger partial charge is 0.430 e. The predicted octanol–water partition coefficient (Wildman–Crippen LogP) is 6.82. The highest BCUT2D eigenvalue weighted by Gasteiger charge is 2.20. The number of diazo groups is 2. The third kappa shape index (κ3) is 5.87. The molecular formula is C26H18N4O8S. The second-order valence-corrected chi connectivity index (χ2v) is 8.66. The first-order valence-corrected chi connectivity index (χ1v) is 12.4. The van der Waals surface area contributed by atoms with Gasteiger partial charge in [0.1, 0.15) is 22.3 Å². The minimum Gasteiger partial charge on any atom is -0.759 e. The van der Waals surface area contributed by atoms with Crippen LogP contribution in [0.25, 0.3) is 53.8 Å². The Morgan fingerprint density at radius 3 is 1.33 bits per heavy atom. The summed E-state index contributed by atoms with van der Waals surface area (Å²) < 4.78 is 55.8. The third-order valence-electron chi connectivity index (χ3n) is 5.57. The number of hydrogen-bond acceptors (Lipinski definition) is 10. The number of nitrogens with zero attached hydrogens (tertiary/aromatic N) is 4. The largest absolute Gasteiger partial charge is 0.759 e. The summed E-state index contributed by atoms with van der Waals surface area (Å²) in [6, 6.07) is 22.5. The highest BCUT2D eigenvalue weighted by atomic mass is 32.3. The Balaban J connectivity index is 0.000000155. The molecule has 13 heteroatoms. The van der Waals surface area contributed by atoms with Crippen LogP contribution in [0.15, 0.2) is 81.6 Å². The van der Waals surface area contributed by atoms with Gasteiger partial charge in [-0.05, 0) is 12.1 Å². The Hall–Kier alpha value is -5.21. The van der Waals surface area contributed by atoms with Gasteiger partial charge in [0.25, 0.3) is 0 Å². The van der Waals surface area contributed by atoms with Crippen LogP contribution in [0.2, 0.25) is 0 Å². The molecule has 39 heavy (non-hydrogen) atoms. The summed E-state index contributed by atoms with van der Waals surface area (Å²) in [5.74, 6) is 1.04. The number of furan rings is 2. The fourth-order valence-corrected chi connectivity index (χ4v) is 3.96. The molecule has 0 aliphatic carbocycles. The number of fused-ring (bicyclic) bond motifs is 6. The first-order chi connectivity index (χ1) is 18.7. The first-order valence-electron chi connectivity index (χ1n) is 11.0. The highest BCUT2D eigenvalue weighted by molar-refractivity contribution is 7.79. The van der Waals surface area contributed by atoms with E-state index < -0.39 is 10.4 Å². The van der Waals surface area contributed by atoms with E-state index in [1.54, 1.807) is 12.1 Å². The summed E-state index contributed by atoms with van der Waals surface area (Å²) >= 11 is 0. The van der Waals surface area contributed by atoms with E-state index in [0.29, 0.717) is 34.0 Å². The number of methoxy groups -OCH3 is 2. The molecule has 0 fully saturated rings. The summed E-state index contributed by atoms with van der Waals surface area (Å²) in [5.41, 5.74) is 3.69. The van der Waals surface area contributed by atoms with Crippen molar-refractivity contribution in [1.29, 1.82) is 10.8 Å². The standard InChI is InChI=1S/2C13H9N2O2.H2O4S/c2*1-16-13-6-9-8-4-2-3-5-11(8)17-12(9)7-10(13)15-14;1-5(2,3)4/h2*2-7H,1H3;(H2,1,2,3,4)/q2*+1;/p-2. The maximum atomic E-state index is 8.89. The van der Waals surface area contributed by atoms with Crippen molar-refractivity contribution >= 4 is 65.7 Å². The number of benzene rings is 4. The van der Waals surface area contributed by atoms with Crippen molar-refractivity contribution in [1.82, 2.24) is 0 Å². The van der Waals surface area contributed by atoms with Gasteiger partial charge < -0.3 is 27.4 Å². The minimum atomic E-state index is -5.17. The van der Waals surface area contributed by atoms with Crippen molar-refractivity contribution in [3.05, 3.63) is 82.7 Å². The zero-order valence-electron chi connectivity index (χ0n) is 20.4. The zero-order valence-corrected chi connectivity index (χ0v) is 21.2. The van der Waals surface area contributed by atoms with E-state index in [2.05, 4.69) is 9.95 Å². The van der Waals surface area contributed by atoms with E-state index in [-0.39, 0.29) is 0 Å². The molecule has 0 saturated heterocycles. The maximum absolute atomic E-state index is 8.89. The molecule has 0 N–H and O–H groups in total. The van der Waals surface area contributed by atoms with E-state index in [9.17, 15) is 0 Å². The number of para-hydroxylation sites is 2. The van der Waals surface area contributed by atoms with Gasteiger partial charge >= 0.3 is 11.4 Å². The molecule has 0 aliphatic heterocycles. The summed E-state index contributed by atoms with van der Waals surface area (Å²) in [5, 5.41) is 21.7. The topological polar surface area (TPSA) is 181 Å².